The fourth-order valence-electron chi connectivity index (χ4n) is 4.90. The molecular weight excluding hydrogens is 460 g/mol. The van der Waals surface area contributed by atoms with Gasteiger partial charge in [0.25, 0.3) is 5.91 Å². The van der Waals surface area contributed by atoms with Gasteiger partial charge in [0.15, 0.2) is 0 Å². The Morgan fingerprint density at radius 2 is 1.51 bits per heavy atom. The standard InChI is InChI=1S/C28H31ClN4O2/c29-24-5-1-21(2-6-24)27(22-9-13-30-14-10-22)31-25-11-15-32(16-12-25)26-7-3-23(4-8-26)28(34)33-17-19-35-20-18-33/h1-10,13-14,25,27,31H,11-12,15-20H2. The SMILES string of the molecule is O=C(c1ccc(N2CCC(NC(c3ccncc3)c3ccc(Cl)cc3)CC2)cc1)N1CCOCC1. The molecule has 182 valence electrons. The molecule has 0 radical (unpaired) electrons. The van der Waals surface area contributed by atoms with Crippen LogP contribution >= 0.6 is 11.6 Å². The molecule has 2 aliphatic heterocycles. The number of nitrogens with one attached hydrogen (secondary N) is 1. The van der Waals surface area contributed by atoms with Crippen LogP contribution in [0.4, 0.5) is 5.69 Å². The summed E-state index contributed by atoms with van der Waals surface area (Å²) in [4.78, 5) is 21.2. The number of amides is 1. The second-order valence-electron chi connectivity index (χ2n) is 9.14. The first-order valence-electron chi connectivity index (χ1n) is 12.3. The number of morpholine rings is 1. The van der Waals surface area contributed by atoms with Crippen LogP contribution in [0.1, 0.15) is 40.4 Å². The number of rotatable bonds is 6. The zero-order valence-corrected chi connectivity index (χ0v) is 20.5. The first kappa shape index (κ1) is 23.8. The number of carbonyl (C=O) groups is 1. The van der Waals surface area contributed by atoms with Crippen molar-refractivity contribution in [1.82, 2.24) is 15.2 Å². The highest BCUT2D eigenvalue weighted by Crippen LogP contribution is 2.27. The van der Waals surface area contributed by atoms with E-state index in [0.717, 1.165) is 36.5 Å². The molecule has 1 aromatic heterocycles. The second kappa shape index (κ2) is 11.2. The van der Waals surface area contributed by atoms with Crippen molar-refractivity contribution in [3.63, 3.8) is 0 Å². The average molecular weight is 491 g/mol. The van der Waals surface area contributed by atoms with Gasteiger partial charge in [-0.15, -0.1) is 0 Å². The molecule has 0 bridgehead atoms. The molecule has 1 unspecified atom stereocenters. The maximum Gasteiger partial charge on any atom is 0.254 e. The van der Waals surface area contributed by atoms with Crippen LogP contribution in [0.5, 0.6) is 0 Å². The molecule has 5 rings (SSSR count). The summed E-state index contributed by atoms with van der Waals surface area (Å²) in [5.41, 5.74) is 4.31. The van der Waals surface area contributed by atoms with Crippen LogP contribution in [0.15, 0.2) is 73.1 Å². The van der Waals surface area contributed by atoms with Crippen molar-refractivity contribution in [3.05, 3.63) is 94.8 Å². The molecule has 2 saturated heterocycles. The van der Waals surface area contributed by atoms with Gasteiger partial charge in [0, 0.05) is 60.9 Å². The Kier molecular flexibility index (Phi) is 7.62. The molecule has 1 atom stereocenters. The number of pyridine rings is 1. The molecule has 6 nitrogen and oxygen atoms in total. The summed E-state index contributed by atoms with van der Waals surface area (Å²) in [5.74, 6) is 0.0899. The zero-order valence-electron chi connectivity index (χ0n) is 19.8. The number of carbonyl (C=O) groups excluding carboxylic acids is 1. The van der Waals surface area contributed by atoms with Gasteiger partial charge in [0.2, 0.25) is 0 Å². The van der Waals surface area contributed by atoms with Crippen LogP contribution in [0.2, 0.25) is 5.02 Å². The Labute approximate surface area is 211 Å². The summed E-state index contributed by atoms with van der Waals surface area (Å²) in [6.45, 7) is 4.51. The van der Waals surface area contributed by atoms with Crippen molar-refractivity contribution in [2.75, 3.05) is 44.3 Å². The van der Waals surface area contributed by atoms with E-state index in [1.165, 1.54) is 16.8 Å². The van der Waals surface area contributed by atoms with E-state index < -0.39 is 0 Å². The summed E-state index contributed by atoms with van der Waals surface area (Å²) >= 11 is 6.13. The summed E-state index contributed by atoms with van der Waals surface area (Å²) in [5, 5.41) is 4.63. The van der Waals surface area contributed by atoms with Crippen molar-refractivity contribution in [3.8, 4) is 0 Å². The molecule has 3 heterocycles. The molecular formula is C28H31ClN4O2. The molecule has 2 aromatic carbocycles. The van der Waals surface area contributed by atoms with Gasteiger partial charge < -0.3 is 19.9 Å². The minimum atomic E-state index is 0.0899. The minimum Gasteiger partial charge on any atom is -0.378 e. The lowest BCUT2D eigenvalue weighted by molar-refractivity contribution is 0.0303. The van der Waals surface area contributed by atoms with Crippen molar-refractivity contribution in [2.24, 2.45) is 0 Å². The highest BCUT2D eigenvalue weighted by Gasteiger charge is 2.24. The Morgan fingerprint density at radius 3 is 2.17 bits per heavy atom. The second-order valence-corrected chi connectivity index (χ2v) is 9.58. The summed E-state index contributed by atoms with van der Waals surface area (Å²) in [6.07, 6.45) is 5.78. The van der Waals surface area contributed by atoms with E-state index >= 15 is 0 Å². The first-order valence-corrected chi connectivity index (χ1v) is 12.7. The average Bonchev–Trinajstić information content (AvgIpc) is 2.93. The zero-order chi connectivity index (χ0) is 24.0. The number of anilines is 1. The third-order valence-electron chi connectivity index (χ3n) is 6.92. The van der Waals surface area contributed by atoms with Crippen molar-refractivity contribution in [2.45, 2.75) is 24.9 Å². The normalized spacial score (nSPS) is 17.9. The number of benzene rings is 2. The molecule has 0 aliphatic carbocycles. The van der Waals surface area contributed by atoms with Gasteiger partial charge in [-0.1, -0.05) is 23.7 Å². The number of ether oxygens (including phenoxy) is 1. The smallest absolute Gasteiger partial charge is 0.254 e. The van der Waals surface area contributed by atoms with Gasteiger partial charge in [-0.25, -0.2) is 0 Å². The predicted molar refractivity (Wildman–Crippen MR) is 139 cm³/mol. The first-order chi connectivity index (χ1) is 17.2. The molecule has 1 amide bonds. The maximum absolute atomic E-state index is 12.7. The lowest BCUT2D eigenvalue weighted by Crippen LogP contribution is -2.44. The Bertz CT molecular complexity index is 1090. The molecule has 2 aliphatic rings. The largest absolute Gasteiger partial charge is 0.378 e. The van der Waals surface area contributed by atoms with Gasteiger partial charge in [-0.2, -0.15) is 0 Å². The lowest BCUT2D eigenvalue weighted by Gasteiger charge is -2.36. The van der Waals surface area contributed by atoms with E-state index in [2.05, 4.69) is 51.6 Å². The molecule has 35 heavy (non-hydrogen) atoms. The molecule has 0 spiro atoms. The lowest BCUT2D eigenvalue weighted by atomic mass is 9.96. The Morgan fingerprint density at radius 1 is 0.886 bits per heavy atom. The Hall–Kier alpha value is -2.93. The molecule has 3 aromatic rings. The van der Waals surface area contributed by atoms with Gasteiger partial charge in [0.05, 0.1) is 19.3 Å². The number of hydrogen-bond donors (Lipinski definition) is 1. The summed E-state index contributed by atoms with van der Waals surface area (Å²) in [7, 11) is 0. The molecule has 0 saturated carbocycles. The van der Waals surface area contributed by atoms with Crippen LogP contribution in [0.25, 0.3) is 0 Å². The number of halogens is 1. The van der Waals surface area contributed by atoms with Gasteiger partial charge in [0.1, 0.15) is 0 Å². The molecule has 7 heteroatoms. The third-order valence-corrected chi connectivity index (χ3v) is 7.17. The summed E-state index contributed by atoms with van der Waals surface area (Å²) in [6, 6.07) is 20.8. The topological polar surface area (TPSA) is 57.7 Å². The highest BCUT2D eigenvalue weighted by molar-refractivity contribution is 6.30. The van der Waals surface area contributed by atoms with Crippen LogP contribution in [-0.2, 0) is 4.74 Å². The van der Waals surface area contributed by atoms with E-state index in [0.29, 0.717) is 32.3 Å². The number of aromatic nitrogens is 1. The van der Waals surface area contributed by atoms with Crippen LogP contribution < -0.4 is 10.2 Å². The van der Waals surface area contributed by atoms with E-state index in [-0.39, 0.29) is 11.9 Å². The van der Waals surface area contributed by atoms with Crippen LogP contribution in [0.3, 0.4) is 0 Å². The highest BCUT2D eigenvalue weighted by atomic mass is 35.5. The van der Waals surface area contributed by atoms with Gasteiger partial charge in [-0.3, -0.25) is 9.78 Å². The van der Waals surface area contributed by atoms with Gasteiger partial charge >= 0.3 is 0 Å². The van der Waals surface area contributed by atoms with Crippen LogP contribution in [-0.4, -0.2) is 61.2 Å². The van der Waals surface area contributed by atoms with E-state index in [4.69, 9.17) is 16.3 Å². The monoisotopic (exact) mass is 490 g/mol. The Balaban J connectivity index is 1.21. The van der Waals surface area contributed by atoms with E-state index in [1.807, 2.05) is 41.6 Å². The van der Waals surface area contributed by atoms with Gasteiger partial charge in [-0.05, 0) is 72.5 Å². The quantitative estimate of drug-likeness (QED) is 0.549. The van der Waals surface area contributed by atoms with Crippen molar-refractivity contribution >= 4 is 23.2 Å². The maximum atomic E-state index is 12.7. The molecule has 2 fully saturated rings. The number of hydrogen-bond acceptors (Lipinski definition) is 5. The molecule has 1 N–H and O–H groups in total. The number of nitrogens with zero attached hydrogens (tertiary/aromatic N) is 3. The fourth-order valence-corrected chi connectivity index (χ4v) is 5.03. The van der Waals surface area contributed by atoms with E-state index in [9.17, 15) is 4.79 Å². The fraction of sp³-hybridized carbons (Fsp3) is 0.357. The number of piperidine rings is 1. The van der Waals surface area contributed by atoms with E-state index in [1.54, 1.807) is 0 Å². The third kappa shape index (κ3) is 5.84. The summed E-state index contributed by atoms with van der Waals surface area (Å²) < 4.78 is 5.36. The van der Waals surface area contributed by atoms with Crippen molar-refractivity contribution in [1.29, 1.82) is 0 Å². The van der Waals surface area contributed by atoms with Crippen LogP contribution in [0, 0.1) is 0 Å². The minimum absolute atomic E-state index is 0.0899. The predicted octanol–water partition coefficient (Wildman–Crippen LogP) is 4.56. The van der Waals surface area contributed by atoms with Crippen molar-refractivity contribution < 1.29 is 9.53 Å².